The molecule has 0 bridgehead atoms. The molecule has 0 aromatic carbocycles. The monoisotopic (exact) mass is 402 g/mol. The summed E-state index contributed by atoms with van der Waals surface area (Å²) in [6.07, 6.45) is 1.84. The molecular formula is C14H22N6O6S. The molecular weight excluding hydrogens is 380 g/mol. The quantitative estimate of drug-likeness (QED) is 0.162. The number of fused-ring (bicyclic) bond motifs is 1. The summed E-state index contributed by atoms with van der Waals surface area (Å²) in [7, 11) is 0. The van der Waals surface area contributed by atoms with Crippen LogP contribution in [0.4, 0.5) is 14.4 Å². The van der Waals surface area contributed by atoms with Gasteiger partial charge in [0.2, 0.25) is 0 Å². The van der Waals surface area contributed by atoms with Crippen LogP contribution in [0.3, 0.4) is 0 Å². The second-order valence-corrected chi connectivity index (χ2v) is 7.44. The lowest BCUT2D eigenvalue weighted by Gasteiger charge is -2.16. The molecule has 13 heteroatoms. The number of amides is 7. The van der Waals surface area contributed by atoms with E-state index in [0.717, 1.165) is 25.0 Å². The molecule has 0 radical (unpaired) electrons. The van der Waals surface area contributed by atoms with Gasteiger partial charge in [-0.3, -0.25) is 14.9 Å². The van der Waals surface area contributed by atoms with Gasteiger partial charge in [-0.2, -0.15) is 11.8 Å². The molecule has 3 rings (SSSR count). The Morgan fingerprint density at radius 1 is 1.15 bits per heavy atom. The Morgan fingerprint density at radius 3 is 2.48 bits per heavy atom. The summed E-state index contributed by atoms with van der Waals surface area (Å²) < 4.78 is 0. The molecule has 7 amide bonds. The van der Waals surface area contributed by atoms with E-state index >= 15 is 0 Å². The van der Waals surface area contributed by atoms with E-state index in [1.54, 1.807) is 0 Å². The third-order valence-electron chi connectivity index (χ3n) is 4.13. The summed E-state index contributed by atoms with van der Waals surface area (Å²) in [5.74, 6) is -0.380. The van der Waals surface area contributed by atoms with E-state index in [-0.39, 0.29) is 24.5 Å². The molecule has 3 aliphatic heterocycles. The van der Waals surface area contributed by atoms with E-state index in [9.17, 15) is 24.0 Å². The first-order valence-corrected chi connectivity index (χ1v) is 9.39. The van der Waals surface area contributed by atoms with Gasteiger partial charge in [0.25, 0.3) is 5.91 Å². The van der Waals surface area contributed by atoms with Crippen molar-refractivity contribution in [1.29, 1.82) is 0 Å². The van der Waals surface area contributed by atoms with Crippen LogP contribution in [-0.4, -0.2) is 64.3 Å². The number of unbranched alkanes of at least 4 members (excludes halogenated alkanes) is 1. The number of thioether (sulfide) groups is 1. The van der Waals surface area contributed by atoms with Crippen molar-refractivity contribution in [3.8, 4) is 0 Å². The molecule has 1 unspecified atom stereocenters. The Kier molecular flexibility index (Phi) is 7.10. The van der Waals surface area contributed by atoms with Gasteiger partial charge in [-0.25, -0.2) is 14.4 Å². The lowest BCUT2D eigenvalue weighted by Crippen LogP contribution is -2.48. The van der Waals surface area contributed by atoms with Crippen LogP contribution in [0.2, 0.25) is 0 Å². The first kappa shape index (κ1) is 20.6. The number of nitrogens with one attached hydrogen (secondary N) is 5. The molecule has 3 aliphatic rings. The van der Waals surface area contributed by atoms with Gasteiger partial charge in [0.05, 0.1) is 12.1 Å². The number of hydrogen-bond donors (Lipinski definition) is 7. The Bertz CT molecular complexity index is 631. The summed E-state index contributed by atoms with van der Waals surface area (Å²) in [6, 6.07) is -1.07. The zero-order valence-corrected chi connectivity index (χ0v) is 15.1. The first-order valence-electron chi connectivity index (χ1n) is 8.34. The van der Waals surface area contributed by atoms with Gasteiger partial charge in [0, 0.05) is 17.4 Å². The number of carbonyl (C=O) groups excluding carboxylic acids is 4. The highest BCUT2D eigenvalue weighted by molar-refractivity contribution is 8.00. The van der Waals surface area contributed by atoms with Crippen LogP contribution in [0.1, 0.15) is 25.7 Å². The van der Waals surface area contributed by atoms with Gasteiger partial charge >= 0.3 is 24.1 Å². The second-order valence-electron chi connectivity index (χ2n) is 6.17. The van der Waals surface area contributed by atoms with Gasteiger partial charge in [-0.1, -0.05) is 6.42 Å². The summed E-state index contributed by atoms with van der Waals surface area (Å²) in [5.41, 5.74) is 4.70. The number of imide groups is 1. The molecule has 150 valence electrons. The number of nitrogens with two attached hydrogens (primary N) is 1. The van der Waals surface area contributed by atoms with E-state index in [0.29, 0.717) is 5.25 Å². The SMILES string of the molecule is NC(=O)NC1NC(=O)NC1=O.O=C(O)CCCC[C@@H]1SC[C@@H]2NC(=O)N[C@@H]21. The fourth-order valence-electron chi connectivity index (χ4n) is 2.93. The molecule has 0 aromatic heterocycles. The normalized spacial score (nSPS) is 28.1. The van der Waals surface area contributed by atoms with E-state index in [1.165, 1.54) is 0 Å². The van der Waals surface area contributed by atoms with Crippen molar-refractivity contribution in [2.75, 3.05) is 5.75 Å². The Morgan fingerprint density at radius 2 is 1.89 bits per heavy atom. The predicted octanol–water partition coefficient (Wildman–Crippen LogP) is -1.38. The van der Waals surface area contributed by atoms with Gasteiger partial charge in [0.1, 0.15) is 0 Å². The van der Waals surface area contributed by atoms with Crippen LogP contribution in [0.15, 0.2) is 0 Å². The number of aliphatic carboxylic acids is 1. The second kappa shape index (κ2) is 9.30. The largest absolute Gasteiger partial charge is 0.481 e. The molecule has 12 nitrogen and oxygen atoms in total. The van der Waals surface area contributed by atoms with Crippen LogP contribution < -0.4 is 32.3 Å². The third kappa shape index (κ3) is 6.20. The highest BCUT2D eigenvalue weighted by Gasteiger charge is 2.42. The molecule has 3 heterocycles. The van der Waals surface area contributed by atoms with Crippen LogP contribution >= 0.6 is 11.8 Å². The lowest BCUT2D eigenvalue weighted by atomic mass is 10.0. The molecule has 0 aromatic rings. The van der Waals surface area contributed by atoms with Gasteiger partial charge < -0.3 is 32.1 Å². The maximum Gasteiger partial charge on any atom is 0.323 e. The number of hydrogen-bond acceptors (Lipinski definition) is 6. The summed E-state index contributed by atoms with van der Waals surface area (Å²) in [6.45, 7) is 0. The van der Waals surface area contributed by atoms with Crippen molar-refractivity contribution in [3.63, 3.8) is 0 Å². The number of carbonyl (C=O) groups is 5. The van der Waals surface area contributed by atoms with Crippen LogP contribution in [0.25, 0.3) is 0 Å². The average Bonchev–Trinajstić information content (AvgIpc) is 3.19. The van der Waals surface area contributed by atoms with Gasteiger partial charge in [0.15, 0.2) is 6.17 Å². The van der Waals surface area contributed by atoms with Crippen molar-refractivity contribution in [3.05, 3.63) is 0 Å². The molecule has 0 saturated carbocycles. The number of carboxylic acids is 1. The maximum absolute atomic E-state index is 11.1. The van der Waals surface area contributed by atoms with Crippen molar-refractivity contribution in [2.45, 2.75) is 49.2 Å². The highest BCUT2D eigenvalue weighted by Crippen LogP contribution is 2.33. The predicted molar refractivity (Wildman–Crippen MR) is 94.8 cm³/mol. The smallest absolute Gasteiger partial charge is 0.323 e. The molecule has 0 spiro atoms. The van der Waals surface area contributed by atoms with E-state index in [2.05, 4.69) is 16.0 Å². The minimum absolute atomic E-state index is 0.0640. The van der Waals surface area contributed by atoms with E-state index in [1.807, 2.05) is 22.4 Å². The zero-order valence-electron chi connectivity index (χ0n) is 14.3. The van der Waals surface area contributed by atoms with Crippen LogP contribution in [-0.2, 0) is 9.59 Å². The third-order valence-corrected chi connectivity index (χ3v) is 5.64. The van der Waals surface area contributed by atoms with Gasteiger partial charge in [-0.05, 0) is 12.8 Å². The Balaban J connectivity index is 0.000000208. The van der Waals surface area contributed by atoms with Gasteiger partial charge in [-0.15, -0.1) is 0 Å². The fourth-order valence-corrected chi connectivity index (χ4v) is 4.47. The molecule has 27 heavy (non-hydrogen) atoms. The summed E-state index contributed by atoms with van der Waals surface area (Å²) >= 11 is 1.87. The van der Waals surface area contributed by atoms with Crippen molar-refractivity contribution in [1.82, 2.24) is 26.6 Å². The number of carboxylic acid groups (broad SMARTS) is 1. The molecule has 4 atom stereocenters. The molecule has 3 saturated heterocycles. The maximum atomic E-state index is 11.1. The number of primary amides is 1. The Labute approximate surface area is 158 Å². The molecule has 3 fully saturated rings. The minimum atomic E-state index is -1.04. The highest BCUT2D eigenvalue weighted by atomic mass is 32.2. The zero-order chi connectivity index (χ0) is 20.0. The van der Waals surface area contributed by atoms with Crippen molar-refractivity contribution >= 4 is 41.7 Å². The molecule has 8 N–H and O–H groups in total. The average molecular weight is 402 g/mol. The van der Waals surface area contributed by atoms with Crippen molar-refractivity contribution in [2.24, 2.45) is 5.73 Å². The van der Waals surface area contributed by atoms with Crippen molar-refractivity contribution < 1.29 is 29.1 Å². The first-order chi connectivity index (χ1) is 12.8. The summed E-state index contributed by atoms with van der Waals surface area (Å²) in [5, 5.41) is 20.8. The Hall–Kier alpha value is -2.70. The number of urea groups is 3. The summed E-state index contributed by atoms with van der Waals surface area (Å²) in [4.78, 5) is 52.7. The number of rotatable bonds is 6. The van der Waals surface area contributed by atoms with E-state index in [4.69, 9.17) is 10.8 Å². The van der Waals surface area contributed by atoms with Crippen LogP contribution in [0.5, 0.6) is 0 Å². The molecule has 0 aliphatic carbocycles. The lowest BCUT2D eigenvalue weighted by molar-refractivity contribution is -0.137. The fraction of sp³-hybridized carbons (Fsp3) is 0.643. The van der Waals surface area contributed by atoms with Crippen LogP contribution in [0, 0.1) is 0 Å². The standard InChI is InChI=1S/C10H16N2O3S.C4H6N4O3/c13-8(14)4-2-1-3-7-9-6(5-16-7)11-10(15)12-9;5-3(10)6-1-2(9)8-4(11)7-1/h6-7,9H,1-5H2,(H,13,14)(H2,11,12,15);1H,(H3,5,6,10)(H2,7,8,9,11)/t6-,7-,9-;/m0./s1. The van der Waals surface area contributed by atoms with E-state index < -0.39 is 30.1 Å². The topological polar surface area (TPSA) is 192 Å². The minimum Gasteiger partial charge on any atom is -0.481 e.